The van der Waals surface area contributed by atoms with E-state index in [1.807, 2.05) is 0 Å². The van der Waals surface area contributed by atoms with E-state index < -0.39 is 5.97 Å². The van der Waals surface area contributed by atoms with Gasteiger partial charge in [-0.05, 0) is 24.7 Å². The van der Waals surface area contributed by atoms with Crippen molar-refractivity contribution in [2.24, 2.45) is 11.8 Å². The molecule has 0 aliphatic rings. The highest BCUT2D eigenvalue weighted by Gasteiger charge is 2.08. The Labute approximate surface area is 113 Å². The zero-order valence-corrected chi connectivity index (χ0v) is 12.6. The summed E-state index contributed by atoms with van der Waals surface area (Å²) in [6.07, 6.45) is 11.4. The lowest BCUT2D eigenvalue weighted by atomic mass is 9.90. The first-order valence-electron chi connectivity index (χ1n) is 7.78. The highest BCUT2D eigenvalue weighted by Crippen LogP contribution is 2.22. The SMILES string of the molecule is CCCCC(C)CC(C)CCCCCCC(=O)O. The van der Waals surface area contributed by atoms with Gasteiger partial charge in [0.25, 0.3) is 0 Å². The summed E-state index contributed by atoms with van der Waals surface area (Å²) in [6.45, 7) is 6.99. The molecule has 18 heavy (non-hydrogen) atoms. The molecule has 0 aliphatic carbocycles. The van der Waals surface area contributed by atoms with Crippen LogP contribution in [-0.2, 0) is 4.79 Å². The molecule has 0 amide bonds. The second kappa shape index (κ2) is 11.6. The monoisotopic (exact) mass is 256 g/mol. The maximum atomic E-state index is 10.3. The molecule has 1 N–H and O–H groups in total. The Hall–Kier alpha value is -0.530. The van der Waals surface area contributed by atoms with Gasteiger partial charge in [0.05, 0.1) is 0 Å². The average molecular weight is 256 g/mol. The normalized spacial score (nSPS) is 14.4. The number of aliphatic carboxylic acids is 1. The molecular weight excluding hydrogens is 224 g/mol. The van der Waals surface area contributed by atoms with E-state index in [9.17, 15) is 4.79 Å². The second-order valence-corrected chi connectivity index (χ2v) is 5.93. The highest BCUT2D eigenvalue weighted by atomic mass is 16.4. The van der Waals surface area contributed by atoms with Gasteiger partial charge in [-0.2, -0.15) is 0 Å². The van der Waals surface area contributed by atoms with Crippen LogP contribution >= 0.6 is 0 Å². The van der Waals surface area contributed by atoms with Crippen molar-refractivity contribution in [3.8, 4) is 0 Å². The molecule has 2 atom stereocenters. The maximum Gasteiger partial charge on any atom is 0.303 e. The third-order valence-corrected chi connectivity index (χ3v) is 3.69. The summed E-state index contributed by atoms with van der Waals surface area (Å²) in [5, 5.41) is 8.53. The van der Waals surface area contributed by atoms with Gasteiger partial charge in [0.2, 0.25) is 0 Å². The van der Waals surface area contributed by atoms with Crippen LogP contribution in [0.2, 0.25) is 0 Å². The average Bonchev–Trinajstić information content (AvgIpc) is 2.30. The molecule has 0 heterocycles. The minimum atomic E-state index is -0.659. The van der Waals surface area contributed by atoms with Crippen LogP contribution in [-0.4, -0.2) is 11.1 Å². The van der Waals surface area contributed by atoms with Crippen molar-refractivity contribution in [1.29, 1.82) is 0 Å². The van der Waals surface area contributed by atoms with Crippen LogP contribution in [0.4, 0.5) is 0 Å². The Morgan fingerprint density at radius 2 is 1.50 bits per heavy atom. The number of carbonyl (C=O) groups is 1. The Morgan fingerprint density at radius 1 is 0.944 bits per heavy atom. The van der Waals surface area contributed by atoms with E-state index in [1.165, 1.54) is 44.9 Å². The highest BCUT2D eigenvalue weighted by molar-refractivity contribution is 5.66. The molecule has 0 bridgehead atoms. The van der Waals surface area contributed by atoms with Crippen molar-refractivity contribution in [2.45, 2.75) is 85.0 Å². The summed E-state index contributed by atoms with van der Waals surface area (Å²) in [7, 11) is 0. The Bertz CT molecular complexity index is 201. The minimum absolute atomic E-state index is 0.337. The smallest absolute Gasteiger partial charge is 0.303 e. The van der Waals surface area contributed by atoms with E-state index in [2.05, 4.69) is 20.8 Å². The van der Waals surface area contributed by atoms with E-state index in [1.54, 1.807) is 0 Å². The van der Waals surface area contributed by atoms with Gasteiger partial charge < -0.3 is 5.11 Å². The molecule has 0 aromatic heterocycles. The second-order valence-electron chi connectivity index (χ2n) is 5.93. The molecule has 0 radical (unpaired) electrons. The largest absolute Gasteiger partial charge is 0.481 e. The standard InChI is InChI=1S/C16H32O2/c1-4-5-10-14(2)13-15(3)11-8-6-7-9-12-16(17)18/h14-15H,4-13H2,1-3H3,(H,17,18). The number of rotatable bonds is 12. The minimum Gasteiger partial charge on any atom is -0.481 e. The van der Waals surface area contributed by atoms with Crippen LogP contribution < -0.4 is 0 Å². The molecule has 0 spiro atoms. The van der Waals surface area contributed by atoms with E-state index in [4.69, 9.17) is 5.11 Å². The molecule has 2 unspecified atom stereocenters. The molecule has 108 valence electrons. The first-order valence-corrected chi connectivity index (χ1v) is 7.78. The zero-order valence-electron chi connectivity index (χ0n) is 12.6. The topological polar surface area (TPSA) is 37.3 Å². The quantitative estimate of drug-likeness (QED) is 0.483. The van der Waals surface area contributed by atoms with Crippen LogP contribution in [0.25, 0.3) is 0 Å². The molecule has 0 aliphatic heterocycles. The van der Waals surface area contributed by atoms with Gasteiger partial charge in [0, 0.05) is 6.42 Å². The Morgan fingerprint density at radius 3 is 2.06 bits per heavy atom. The van der Waals surface area contributed by atoms with Crippen LogP contribution in [0.5, 0.6) is 0 Å². The molecule has 2 heteroatoms. The van der Waals surface area contributed by atoms with Crippen molar-refractivity contribution in [3.05, 3.63) is 0 Å². The van der Waals surface area contributed by atoms with Crippen molar-refractivity contribution < 1.29 is 9.90 Å². The van der Waals surface area contributed by atoms with Gasteiger partial charge in [-0.15, -0.1) is 0 Å². The molecular formula is C16H32O2. The van der Waals surface area contributed by atoms with Gasteiger partial charge in [-0.1, -0.05) is 65.7 Å². The molecule has 0 aromatic rings. The predicted molar refractivity (Wildman–Crippen MR) is 77.8 cm³/mol. The van der Waals surface area contributed by atoms with Crippen molar-refractivity contribution in [1.82, 2.24) is 0 Å². The lowest BCUT2D eigenvalue weighted by molar-refractivity contribution is -0.137. The maximum absolute atomic E-state index is 10.3. The Balaban J connectivity index is 3.35. The summed E-state index contributed by atoms with van der Waals surface area (Å²) < 4.78 is 0. The van der Waals surface area contributed by atoms with Crippen LogP contribution in [0.15, 0.2) is 0 Å². The van der Waals surface area contributed by atoms with Gasteiger partial charge in [-0.3, -0.25) is 4.79 Å². The van der Waals surface area contributed by atoms with Crippen molar-refractivity contribution >= 4 is 5.97 Å². The third-order valence-electron chi connectivity index (χ3n) is 3.69. The number of unbranched alkanes of at least 4 members (excludes halogenated alkanes) is 4. The zero-order chi connectivity index (χ0) is 13.8. The third kappa shape index (κ3) is 11.9. The van der Waals surface area contributed by atoms with E-state index in [0.717, 1.165) is 24.7 Å². The van der Waals surface area contributed by atoms with Gasteiger partial charge in [0.15, 0.2) is 0 Å². The van der Waals surface area contributed by atoms with Gasteiger partial charge in [0.1, 0.15) is 0 Å². The first-order chi connectivity index (χ1) is 8.56. The molecule has 2 nitrogen and oxygen atoms in total. The number of carboxylic acids is 1. The first kappa shape index (κ1) is 17.5. The number of carboxylic acid groups (broad SMARTS) is 1. The Kier molecular flexibility index (Phi) is 11.2. The molecule has 0 rings (SSSR count). The summed E-state index contributed by atoms with van der Waals surface area (Å²) in [5.41, 5.74) is 0. The summed E-state index contributed by atoms with van der Waals surface area (Å²) >= 11 is 0. The van der Waals surface area contributed by atoms with E-state index in [0.29, 0.717) is 6.42 Å². The van der Waals surface area contributed by atoms with Crippen LogP contribution in [0.1, 0.15) is 85.0 Å². The molecule has 0 fully saturated rings. The van der Waals surface area contributed by atoms with E-state index in [-0.39, 0.29) is 0 Å². The number of hydrogen-bond acceptors (Lipinski definition) is 1. The molecule has 0 saturated heterocycles. The van der Waals surface area contributed by atoms with Crippen molar-refractivity contribution in [2.75, 3.05) is 0 Å². The fourth-order valence-electron chi connectivity index (χ4n) is 2.60. The summed E-state index contributed by atoms with van der Waals surface area (Å²) in [6, 6.07) is 0. The summed E-state index contributed by atoms with van der Waals surface area (Å²) in [5.74, 6) is 1.04. The summed E-state index contributed by atoms with van der Waals surface area (Å²) in [4.78, 5) is 10.3. The fraction of sp³-hybridized carbons (Fsp3) is 0.938. The van der Waals surface area contributed by atoms with Gasteiger partial charge >= 0.3 is 5.97 Å². The van der Waals surface area contributed by atoms with Crippen molar-refractivity contribution in [3.63, 3.8) is 0 Å². The predicted octanol–water partition coefficient (Wildman–Crippen LogP) is 5.26. The molecule has 0 aromatic carbocycles. The lowest BCUT2D eigenvalue weighted by Crippen LogP contribution is -2.03. The van der Waals surface area contributed by atoms with E-state index >= 15 is 0 Å². The number of hydrogen-bond donors (Lipinski definition) is 1. The van der Waals surface area contributed by atoms with Gasteiger partial charge in [-0.25, -0.2) is 0 Å². The van der Waals surface area contributed by atoms with Crippen LogP contribution in [0, 0.1) is 11.8 Å². The van der Waals surface area contributed by atoms with Crippen LogP contribution in [0.3, 0.4) is 0 Å². The fourth-order valence-corrected chi connectivity index (χ4v) is 2.60. The lowest BCUT2D eigenvalue weighted by Gasteiger charge is -2.16. The molecule has 0 saturated carbocycles.